The minimum Gasteiger partial charge on any atom is -0.496 e. The summed E-state index contributed by atoms with van der Waals surface area (Å²) in [5.74, 6) is 1.89. The highest BCUT2D eigenvalue weighted by molar-refractivity contribution is 5.98. The summed E-state index contributed by atoms with van der Waals surface area (Å²) in [4.78, 5) is 2.41. The number of anilines is 1. The second-order valence-electron chi connectivity index (χ2n) is 6.88. The maximum atomic E-state index is 5.68. The lowest BCUT2D eigenvalue weighted by Gasteiger charge is -2.38. The predicted molar refractivity (Wildman–Crippen MR) is 93.8 cm³/mol. The summed E-state index contributed by atoms with van der Waals surface area (Å²) in [6.45, 7) is 2.27. The topological polar surface area (TPSA) is 33.7 Å². The Kier molecular flexibility index (Phi) is 3.38. The maximum absolute atomic E-state index is 5.68. The van der Waals surface area contributed by atoms with E-state index in [2.05, 4.69) is 35.5 Å². The van der Waals surface area contributed by atoms with Gasteiger partial charge in [-0.1, -0.05) is 12.1 Å². The Morgan fingerprint density at radius 2 is 1.83 bits per heavy atom. The minimum absolute atomic E-state index is 0.164. The van der Waals surface area contributed by atoms with Gasteiger partial charge in [-0.05, 0) is 49.4 Å². The molecule has 0 atom stereocenters. The van der Waals surface area contributed by atoms with Crippen LogP contribution in [0, 0.1) is 0 Å². The number of likely N-dealkylation sites (tertiary alicyclic amines) is 1. The fourth-order valence-electron chi connectivity index (χ4n) is 4.12. The van der Waals surface area contributed by atoms with Gasteiger partial charge in [0.15, 0.2) is 0 Å². The number of nitrogens with one attached hydrogen (secondary N) is 1. The Bertz CT molecular complexity index is 749. The largest absolute Gasteiger partial charge is 0.496 e. The molecule has 2 aromatic carbocycles. The molecule has 0 amide bonds. The Morgan fingerprint density at radius 1 is 1.09 bits per heavy atom. The van der Waals surface area contributed by atoms with Gasteiger partial charge in [0.1, 0.15) is 11.5 Å². The molecule has 2 heterocycles. The molecule has 0 aromatic heterocycles. The van der Waals surface area contributed by atoms with E-state index in [1.807, 2.05) is 6.07 Å². The third-order valence-corrected chi connectivity index (χ3v) is 5.48. The molecule has 1 fully saturated rings. The first-order chi connectivity index (χ1) is 11.2. The van der Waals surface area contributed by atoms with E-state index in [-0.39, 0.29) is 5.54 Å². The van der Waals surface area contributed by atoms with Crippen LogP contribution < -0.4 is 14.8 Å². The first kappa shape index (κ1) is 14.6. The van der Waals surface area contributed by atoms with Crippen LogP contribution in [-0.4, -0.2) is 44.8 Å². The lowest BCUT2D eigenvalue weighted by atomic mass is 9.84. The number of ether oxygens (including phenoxy) is 2. The summed E-state index contributed by atoms with van der Waals surface area (Å²) >= 11 is 0. The van der Waals surface area contributed by atoms with Crippen LogP contribution in [0.15, 0.2) is 24.3 Å². The van der Waals surface area contributed by atoms with Crippen LogP contribution >= 0.6 is 0 Å². The van der Waals surface area contributed by atoms with Gasteiger partial charge < -0.3 is 19.7 Å². The Balaban J connectivity index is 1.87. The van der Waals surface area contributed by atoms with Gasteiger partial charge in [0.25, 0.3) is 0 Å². The number of fused-ring (bicyclic) bond motifs is 3. The number of benzene rings is 2. The molecule has 4 heteroatoms. The molecular weight excluding hydrogens is 288 g/mol. The fraction of sp³-hybridized carbons (Fsp3) is 0.474. The number of nitrogens with zero attached hydrogens (tertiary/aromatic N) is 1. The van der Waals surface area contributed by atoms with Crippen molar-refractivity contribution in [3.05, 3.63) is 29.8 Å². The van der Waals surface area contributed by atoms with Crippen molar-refractivity contribution >= 4 is 16.5 Å². The molecule has 4 nitrogen and oxygen atoms in total. The minimum atomic E-state index is 0.164. The summed E-state index contributed by atoms with van der Waals surface area (Å²) in [6.07, 6.45) is 3.38. The van der Waals surface area contributed by atoms with Gasteiger partial charge in [-0.2, -0.15) is 0 Å². The molecule has 2 aliphatic heterocycles. The second-order valence-corrected chi connectivity index (χ2v) is 6.88. The van der Waals surface area contributed by atoms with Gasteiger partial charge in [-0.3, -0.25) is 0 Å². The normalized spacial score (nSPS) is 19.6. The Morgan fingerprint density at radius 3 is 2.52 bits per heavy atom. The monoisotopic (exact) mass is 312 g/mol. The average Bonchev–Trinajstić information content (AvgIpc) is 2.95. The van der Waals surface area contributed by atoms with E-state index < -0.39 is 0 Å². The van der Waals surface area contributed by atoms with Crippen LogP contribution in [-0.2, 0) is 6.42 Å². The zero-order chi connectivity index (χ0) is 16.0. The van der Waals surface area contributed by atoms with Crippen molar-refractivity contribution in [3.8, 4) is 11.5 Å². The Hall–Kier alpha value is -1.94. The van der Waals surface area contributed by atoms with Crippen molar-refractivity contribution in [2.45, 2.75) is 24.8 Å². The van der Waals surface area contributed by atoms with Crippen molar-refractivity contribution in [1.82, 2.24) is 4.90 Å². The SMILES string of the molecule is COc1cc2cccc(OC)c2c2c1NC1(CCN(C)CC1)C2. The van der Waals surface area contributed by atoms with E-state index in [4.69, 9.17) is 9.47 Å². The molecule has 23 heavy (non-hydrogen) atoms. The molecule has 4 rings (SSSR count). The summed E-state index contributed by atoms with van der Waals surface area (Å²) in [5.41, 5.74) is 2.67. The molecular formula is C19H24N2O2. The molecule has 0 unspecified atom stereocenters. The van der Waals surface area contributed by atoms with Gasteiger partial charge in [0.05, 0.1) is 19.9 Å². The summed E-state index contributed by atoms with van der Waals surface area (Å²) in [6, 6.07) is 8.35. The number of methoxy groups -OCH3 is 2. The maximum Gasteiger partial charge on any atom is 0.142 e. The number of hydrogen-bond acceptors (Lipinski definition) is 4. The highest BCUT2D eigenvalue weighted by Gasteiger charge is 2.41. The van der Waals surface area contributed by atoms with Gasteiger partial charge in [-0.15, -0.1) is 0 Å². The average molecular weight is 312 g/mol. The van der Waals surface area contributed by atoms with Gasteiger partial charge in [0, 0.05) is 24.0 Å². The quantitative estimate of drug-likeness (QED) is 0.922. The van der Waals surface area contributed by atoms with Crippen LogP contribution in [0.2, 0.25) is 0 Å². The summed E-state index contributed by atoms with van der Waals surface area (Å²) in [5, 5.41) is 6.24. The van der Waals surface area contributed by atoms with Crippen LogP contribution in [0.25, 0.3) is 10.8 Å². The zero-order valence-corrected chi connectivity index (χ0v) is 14.1. The van der Waals surface area contributed by atoms with Crippen molar-refractivity contribution in [1.29, 1.82) is 0 Å². The third-order valence-electron chi connectivity index (χ3n) is 5.48. The number of hydrogen-bond donors (Lipinski definition) is 1. The highest BCUT2D eigenvalue weighted by Crippen LogP contribution is 2.48. The van der Waals surface area contributed by atoms with E-state index in [1.54, 1.807) is 14.2 Å². The van der Waals surface area contributed by atoms with E-state index in [9.17, 15) is 0 Å². The van der Waals surface area contributed by atoms with Gasteiger partial charge >= 0.3 is 0 Å². The Labute approximate surface area is 137 Å². The first-order valence-corrected chi connectivity index (χ1v) is 8.29. The molecule has 0 saturated carbocycles. The molecule has 2 aromatic rings. The number of rotatable bonds is 2. The molecule has 0 radical (unpaired) electrons. The molecule has 2 aliphatic rings. The zero-order valence-electron chi connectivity index (χ0n) is 14.1. The van der Waals surface area contributed by atoms with Crippen molar-refractivity contribution < 1.29 is 9.47 Å². The fourth-order valence-corrected chi connectivity index (χ4v) is 4.12. The molecule has 0 aliphatic carbocycles. The smallest absolute Gasteiger partial charge is 0.142 e. The van der Waals surface area contributed by atoms with Crippen LogP contribution in [0.3, 0.4) is 0 Å². The molecule has 0 bridgehead atoms. The van der Waals surface area contributed by atoms with Gasteiger partial charge in [0.2, 0.25) is 0 Å². The van der Waals surface area contributed by atoms with Crippen molar-refractivity contribution in [3.63, 3.8) is 0 Å². The van der Waals surface area contributed by atoms with Gasteiger partial charge in [-0.25, -0.2) is 0 Å². The van der Waals surface area contributed by atoms with Crippen LogP contribution in [0.4, 0.5) is 5.69 Å². The molecule has 1 spiro atoms. The molecule has 122 valence electrons. The first-order valence-electron chi connectivity index (χ1n) is 8.29. The van der Waals surface area contributed by atoms with E-state index in [1.165, 1.54) is 16.3 Å². The van der Waals surface area contributed by atoms with E-state index in [0.29, 0.717) is 0 Å². The van der Waals surface area contributed by atoms with Crippen LogP contribution in [0.5, 0.6) is 11.5 Å². The van der Waals surface area contributed by atoms with Crippen molar-refractivity contribution in [2.75, 3.05) is 39.7 Å². The lowest BCUT2D eigenvalue weighted by Crippen LogP contribution is -2.47. The molecule has 1 saturated heterocycles. The number of piperidine rings is 1. The van der Waals surface area contributed by atoms with E-state index in [0.717, 1.165) is 49.5 Å². The third kappa shape index (κ3) is 2.24. The predicted octanol–water partition coefficient (Wildman–Crippen LogP) is 3.29. The lowest BCUT2D eigenvalue weighted by molar-refractivity contribution is 0.209. The second kappa shape index (κ2) is 5.31. The van der Waals surface area contributed by atoms with Crippen LogP contribution in [0.1, 0.15) is 18.4 Å². The standard InChI is InChI=1S/C19H24N2O2/c1-21-9-7-19(8-10-21)12-14-17-13(5-4-6-15(17)22-2)11-16(23-3)18(14)20-19/h4-6,11,20H,7-10,12H2,1-3H3. The summed E-state index contributed by atoms with van der Waals surface area (Å²) < 4.78 is 11.3. The summed E-state index contributed by atoms with van der Waals surface area (Å²) in [7, 11) is 5.70. The van der Waals surface area contributed by atoms with Crippen molar-refractivity contribution in [2.24, 2.45) is 0 Å². The van der Waals surface area contributed by atoms with E-state index >= 15 is 0 Å². The molecule has 1 N–H and O–H groups in total. The highest BCUT2D eigenvalue weighted by atomic mass is 16.5.